The highest BCUT2D eigenvalue weighted by Crippen LogP contribution is 2.42. The number of rotatable bonds is 10. The molecule has 0 spiro atoms. The molecule has 5 heterocycles. The fourth-order valence-corrected chi connectivity index (χ4v) is 8.53. The quantitative estimate of drug-likeness (QED) is 0.180. The molecule has 54 heavy (non-hydrogen) atoms. The second-order valence-electron chi connectivity index (χ2n) is 14.6. The molecule has 1 unspecified atom stereocenters. The molecule has 1 atom stereocenters. The third-order valence-corrected chi connectivity index (χ3v) is 12.3. The molecule has 7 rings (SSSR count). The van der Waals surface area contributed by atoms with Crippen LogP contribution >= 0.6 is 23.2 Å². The number of likely N-dealkylation sites (tertiary alicyclic amines) is 3. The van der Waals surface area contributed by atoms with Gasteiger partial charge in [0.05, 0.1) is 46.1 Å². The average Bonchev–Trinajstić information content (AvgIpc) is 3.91. The van der Waals surface area contributed by atoms with Gasteiger partial charge in [-0.05, 0) is 93.1 Å². The molecule has 15 heteroatoms. The summed E-state index contributed by atoms with van der Waals surface area (Å²) in [4.78, 5) is 50.0. The highest BCUT2D eigenvalue weighted by atomic mass is 35.5. The van der Waals surface area contributed by atoms with Crippen LogP contribution in [0.3, 0.4) is 0 Å². The number of benzene rings is 2. The number of pyridine rings is 1. The minimum absolute atomic E-state index is 0.125. The molecule has 3 aliphatic rings. The number of hydrogen-bond donors (Lipinski definition) is 3. The molecule has 13 nitrogen and oxygen atoms in total. The zero-order chi connectivity index (χ0) is 37.9. The van der Waals surface area contributed by atoms with Crippen molar-refractivity contribution in [2.75, 3.05) is 52.9 Å². The number of aromatic amines is 1. The van der Waals surface area contributed by atoms with Crippen molar-refractivity contribution in [3.63, 3.8) is 0 Å². The van der Waals surface area contributed by atoms with Gasteiger partial charge in [0.25, 0.3) is 5.91 Å². The summed E-state index contributed by atoms with van der Waals surface area (Å²) in [7, 11) is 1.56. The smallest absolute Gasteiger partial charge is 0.318 e. The van der Waals surface area contributed by atoms with Crippen LogP contribution in [0.2, 0.25) is 10.0 Å². The number of aliphatic carboxylic acids is 1. The number of methoxy groups -OCH3 is 1. The molecule has 3 aliphatic heterocycles. The van der Waals surface area contributed by atoms with Crippen molar-refractivity contribution in [1.29, 1.82) is 0 Å². The van der Waals surface area contributed by atoms with E-state index in [1.54, 1.807) is 36.5 Å². The minimum Gasteiger partial charge on any atom is -0.496 e. The van der Waals surface area contributed by atoms with Crippen molar-refractivity contribution in [2.24, 2.45) is 5.92 Å². The fraction of sp³-hybridized carbons (Fsp3) is 0.436. The summed E-state index contributed by atoms with van der Waals surface area (Å²) in [5.41, 5.74) is 2.66. The van der Waals surface area contributed by atoms with Crippen LogP contribution in [0, 0.1) is 5.92 Å². The number of urea groups is 1. The van der Waals surface area contributed by atoms with Gasteiger partial charge in [-0.2, -0.15) is 15.4 Å². The molecule has 3 N–H and O–H groups in total. The van der Waals surface area contributed by atoms with Gasteiger partial charge in [-0.25, -0.2) is 4.79 Å². The number of piperidine rings is 2. The molecule has 0 saturated carbocycles. The Morgan fingerprint density at radius 1 is 0.963 bits per heavy atom. The first-order valence-electron chi connectivity index (χ1n) is 18.3. The van der Waals surface area contributed by atoms with E-state index in [4.69, 9.17) is 27.9 Å². The molecule has 284 valence electrons. The van der Waals surface area contributed by atoms with Gasteiger partial charge in [0.1, 0.15) is 11.4 Å². The average molecular weight is 776 g/mol. The van der Waals surface area contributed by atoms with Crippen LogP contribution in [0.1, 0.15) is 60.1 Å². The van der Waals surface area contributed by atoms with Gasteiger partial charge < -0.3 is 29.9 Å². The summed E-state index contributed by atoms with van der Waals surface area (Å²) in [5, 5.41) is 24.4. The normalized spacial score (nSPS) is 20.5. The Morgan fingerprint density at radius 3 is 2.43 bits per heavy atom. The van der Waals surface area contributed by atoms with Crippen molar-refractivity contribution in [1.82, 2.24) is 40.4 Å². The molecule has 2 aromatic carbocycles. The fourth-order valence-electron chi connectivity index (χ4n) is 8.24. The van der Waals surface area contributed by atoms with Gasteiger partial charge in [0.15, 0.2) is 0 Å². The highest BCUT2D eigenvalue weighted by Gasteiger charge is 2.44. The third kappa shape index (κ3) is 7.75. The topological polar surface area (TPSA) is 157 Å². The summed E-state index contributed by atoms with van der Waals surface area (Å²) < 4.78 is 5.63. The maximum atomic E-state index is 14.2. The van der Waals surface area contributed by atoms with Crippen LogP contribution in [0.25, 0.3) is 11.3 Å². The first-order valence-corrected chi connectivity index (χ1v) is 19.1. The summed E-state index contributed by atoms with van der Waals surface area (Å²) in [6.07, 6.45) is 7.08. The Hall–Kier alpha value is -4.72. The minimum atomic E-state index is -0.806. The van der Waals surface area contributed by atoms with E-state index in [1.807, 2.05) is 47.4 Å². The van der Waals surface area contributed by atoms with Crippen LogP contribution in [0.15, 0.2) is 67.0 Å². The zero-order valence-corrected chi connectivity index (χ0v) is 31.7. The van der Waals surface area contributed by atoms with Gasteiger partial charge in [0.2, 0.25) is 0 Å². The number of ether oxygens (including phenoxy) is 1. The van der Waals surface area contributed by atoms with Crippen molar-refractivity contribution in [3.8, 4) is 17.0 Å². The van der Waals surface area contributed by atoms with Gasteiger partial charge >= 0.3 is 12.0 Å². The van der Waals surface area contributed by atoms with Gasteiger partial charge in [-0.3, -0.25) is 14.6 Å². The van der Waals surface area contributed by atoms with Crippen LogP contribution in [-0.4, -0.2) is 111 Å². The van der Waals surface area contributed by atoms with E-state index in [1.165, 1.54) is 0 Å². The molecule has 2 aromatic heterocycles. The first kappa shape index (κ1) is 37.6. The number of nitrogens with zero attached hydrogens (tertiary/aromatic N) is 6. The van der Waals surface area contributed by atoms with Crippen LogP contribution < -0.4 is 10.1 Å². The van der Waals surface area contributed by atoms with Crippen LogP contribution in [-0.2, 0) is 15.7 Å². The number of carbonyl (C=O) groups excluding carboxylic acids is 2. The van der Waals surface area contributed by atoms with Gasteiger partial charge in [-0.15, -0.1) is 0 Å². The van der Waals surface area contributed by atoms with E-state index in [0.29, 0.717) is 78.9 Å². The lowest BCUT2D eigenvalue weighted by atomic mass is 9.76. The van der Waals surface area contributed by atoms with Crippen molar-refractivity contribution in [3.05, 3.63) is 93.9 Å². The Bertz CT molecular complexity index is 1970. The molecule has 0 bridgehead atoms. The van der Waals surface area contributed by atoms with Crippen LogP contribution in [0.5, 0.6) is 5.75 Å². The van der Waals surface area contributed by atoms with Crippen molar-refractivity contribution in [2.45, 2.75) is 49.5 Å². The van der Waals surface area contributed by atoms with Gasteiger partial charge in [-0.1, -0.05) is 35.3 Å². The number of halogens is 2. The van der Waals surface area contributed by atoms with E-state index in [2.05, 4.69) is 30.6 Å². The Labute approximate surface area is 324 Å². The van der Waals surface area contributed by atoms with E-state index in [0.717, 1.165) is 49.3 Å². The number of carbonyl (C=O) groups is 3. The third-order valence-electron chi connectivity index (χ3n) is 11.6. The Morgan fingerprint density at radius 2 is 1.76 bits per heavy atom. The molecule has 4 aromatic rings. The SMILES string of the molecule is COc1ccc(-c2cn[nH]n2)cc1C(=O)N1CCC(CCN2CCC(NC(=O)N3CCC(C(=O)O)CC3)(c3ccccn3)CC2)(c2ccc(Cl)c(Cl)c2)C1. The summed E-state index contributed by atoms with van der Waals surface area (Å²) >= 11 is 13.0. The predicted molar refractivity (Wildman–Crippen MR) is 204 cm³/mol. The molecular formula is C39H44Cl2N8O5. The lowest BCUT2D eigenvalue weighted by molar-refractivity contribution is -0.143. The number of carboxylic acid groups (broad SMARTS) is 1. The zero-order valence-electron chi connectivity index (χ0n) is 30.1. The monoisotopic (exact) mass is 774 g/mol. The molecule has 0 aliphatic carbocycles. The molecule has 3 fully saturated rings. The summed E-state index contributed by atoms with van der Waals surface area (Å²) in [5.74, 6) is -0.862. The second-order valence-corrected chi connectivity index (χ2v) is 15.4. The number of hydrogen-bond acceptors (Lipinski definition) is 8. The Kier molecular flexibility index (Phi) is 11.1. The maximum Gasteiger partial charge on any atom is 0.318 e. The first-order chi connectivity index (χ1) is 26.1. The molecule has 3 amide bonds. The number of amides is 3. The van der Waals surface area contributed by atoms with Crippen molar-refractivity contribution >= 4 is 41.1 Å². The van der Waals surface area contributed by atoms with Gasteiger partial charge in [0, 0.05) is 56.4 Å². The number of H-pyrrole nitrogens is 1. The number of carboxylic acids is 1. The lowest BCUT2D eigenvalue weighted by Gasteiger charge is -2.44. The van der Waals surface area contributed by atoms with E-state index < -0.39 is 17.4 Å². The van der Waals surface area contributed by atoms with Crippen LogP contribution in [0.4, 0.5) is 4.79 Å². The number of aromatic nitrogens is 4. The number of nitrogens with one attached hydrogen (secondary N) is 2. The van der Waals surface area contributed by atoms with E-state index in [9.17, 15) is 19.5 Å². The highest BCUT2D eigenvalue weighted by molar-refractivity contribution is 6.42. The largest absolute Gasteiger partial charge is 0.496 e. The molecule has 0 radical (unpaired) electrons. The predicted octanol–water partition coefficient (Wildman–Crippen LogP) is 5.85. The standard InChI is InChI=1S/C39H44Cl2N8O5/c1-54-33-8-5-27(32-24-43-46-45-32)22-29(33)35(50)49-21-12-38(25-49,28-6-7-30(40)31(41)23-28)11-18-47-19-13-39(14-20-47,34-4-2-3-15-42-34)44-37(53)48-16-9-26(10-17-48)36(51)52/h2-8,15,22-24,26H,9-14,16-21,25H2,1H3,(H,44,53)(H,51,52)(H,43,45,46). The summed E-state index contributed by atoms with van der Waals surface area (Å²) in [6, 6.07) is 16.8. The second kappa shape index (κ2) is 15.9. The molecular weight excluding hydrogens is 731 g/mol. The lowest BCUT2D eigenvalue weighted by Crippen LogP contribution is -2.57. The maximum absolute atomic E-state index is 14.2. The molecule has 3 saturated heterocycles. The summed E-state index contributed by atoms with van der Waals surface area (Å²) in [6.45, 7) is 4.07. The van der Waals surface area contributed by atoms with E-state index in [-0.39, 0.29) is 17.4 Å². The Balaban J connectivity index is 1.07. The van der Waals surface area contributed by atoms with E-state index >= 15 is 0 Å². The van der Waals surface area contributed by atoms with Crippen molar-refractivity contribution < 1.29 is 24.2 Å².